The maximum atomic E-state index is 11.9. The van der Waals surface area contributed by atoms with Crippen LogP contribution in [0, 0.1) is 0 Å². The van der Waals surface area contributed by atoms with E-state index >= 15 is 0 Å². The van der Waals surface area contributed by atoms with Crippen LogP contribution in [0.1, 0.15) is 30.4 Å². The standard InChI is InChI=1S/C18H21N5O3S/c1-9(25)15-13(19)12-14(10-5-11(26-4)7-20-6-10)21-17(22-16(12)27-15)23-18(2,3)8-24/h5-7,24H,8,19H2,1-4H3,(H,21,22,23). The van der Waals surface area contributed by atoms with Crippen LogP contribution in [0.2, 0.25) is 0 Å². The number of ketones is 1. The zero-order chi connectivity index (χ0) is 19.8. The van der Waals surface area contributed by atoms with E-state index in [9.17, 15) is 9.90 Å². The average molecular weight is 387 g/mol. The Bertz CT molecular complexity index is 1020. The third-order valence-electron chi connectivity index (χ3n) is 3.98. The van der Waals surface area contributed by atoms with Crippen LogP contribution in [-0.2, 0) is 0 Å². The third-order valence-corrected chi connectivity index (χ3v) is 5.18. The Morgan fingerprint density at radius 3 is 2.74 bits per heavy atom. The summed E-state index contributed by atoms with van der Waals surface area (Å²) in [4.78, 5) is 26.3. The Hall–Kier alpha value is -2.78. The zero-order valence-electron chi connectivity index (χ0n) is 15.5. The molecule has 0 aromatic carbocycles. The smallest absolute Gasteiger partial charge is 0.225 e. The van der Waals surface area contributed by atoms with E-state index in [4.69, 9.17) is 10.5 Å². The van der Waals surface area contributed by atoms with Crippen molar-refractivity contribution in [3.8, 4) is 17.0 Å². The second-order valence-corrected chi connectivity index (χ2v) is 7.76. The molecule has 142 valence electrons. The number of aromatic nitrogens is 3. The number of nitrogen functional groups attached to an aromatic ring is 1. The third kappa shape index (κ3) is 3.69. The SMILES string of the molecule is COc1cncc(-c2nc(NC(C)(C)CO)nc3sc(C(C)=O)c(N)c23)c1. The van der Waals surface area contributed by atoms with Gasteiger partial charge in [0.1, 0.15) is 10.6 Å². The second kappa shape index (κ2) is 7.09. The summed E-state index contributed by atoms with van der Waals surface area (Å²) in [6, 6.07) is 1.79. The monoisotopic (exact) mass is 387 g/mol. The van der Waals surface area contributed by atoms with Gasteiger partial charge in [0.05, 0.1) is 47.1 Å². The number of hydrogen-bond acceptors (Lipinski definition) is 9. The fraction of sp³-hybridized carbons (Fsp3) is 0.333. The van der Waals surface area contributed by atoms with Gasteiger partial charge in [-0.1, -0.05) is 0 Å². The van der Waals surface area contributed by atoms with Crippen molar-refractivity contribution in [3.63, 3.8) is 0 Å². The number of anilines is 2. The van der Waals surface area contributed by atoms with E-state index in [1.807, 2.05) is 13.8 Å². The number of nitrogens with one attached hydrogen (secondary N) is 1. The van der Waals surface area contributed by atoms with Crippen LogP contribution in [0.15, 0.2) is 18.5 Å². The quantitative estimate of drug-likeness (QED) is 0.552. The van der Waals surface area contributed by atoms with Crippen molar-refractivity contribution < 1.29 is 14.6 Å². The lowest BCUT2D eigenvalue weighted by molar-refractivity contribution is 0.102. The lowest BCUT2D eigenvalue weighted by Gasteiger charge is -2.23. The zero-order valence-corrected chi connectivity index (χ0v) is 16.3. The number of aliphatic hydroxyl groups excluding tert-OH is 1. The van der Waals surface area contributed by atoms with Gasteiger partial charge in [-0.2, -0.15) is 0 Å². The summed E-state index contributed by atoms with van der Waals surface area (Å²) in [6.45, 7) is 5.03. The molecule has 0 aliphatic heterocycles. The Kier molecular flexibility index (Phi) is 4.99. The summed E-state index contributed by atoms with van der Waals surface area (Å²) < 4.78 is 5.25. The fourth-order valence-corrected chi connectivity index (χ4v) is 3.54. The molecular weight excluding hydrogens is 366 g/mol. The molecule has 9 heteroatoms. The number of thiophene rings is 1. The van der Waals surface area contributed by atoms with Gasteiger partial charge < -0.3 is 20.9 Å². The van der Waals surface area contributed by atoms with E-state index in [1.165, 1.54) is 18.3 Å². The number of pyridine rings is 1. The van der Waals surface area contributed by atoms with Gasteiger partial charge in [0.15, 0.2) is 5.78 Å². The molecule has 0 atom stereocenters. The first-order valence-electron chi connectivity index (χ1n) is 8.25. The van der Waals surface area contributed by atoms with E-state index < -0.39 is 5.54 Å². The van der Waals surface area contributed by atoms with Crippen molar-refractivity contribution in [2.24, 2.45) is 0 Å². The van der Waals surface area contributed by atoms with Crippen LogP contribution in [-0.4, -0.2) is 45.1 Å². The molecule has 3 heterocycles. The van der Waals surface area contributed by atoms with E-state index in [1.54, 1.807) is 25.6 Å². The number of rotatable bonds is 6. The Morgan fingerprint density at radius 2 is 2.11 bits per heavy atom. The summed E-state index contributed by atoms with van der Waals surface area (Å²) in [7, 11) is 1.56. The predicted octanol–water partition coefficient (Wildman–Crippen LogP) is 2.73. The number of hydrogen-bond donors (Lipinski definition) is 3. The van der Waals surface area contributed by atoms with E-state index in [2.05, 4.69) is 20.3 Å². The highest BCUT2D eigenvalue weighted by atomic mass is 32.1. The first-order valence-corrected chi connectivity index (χ1v) is 9.07. The maximum absolute atomic E-state index is 11.9. The molecule has 3 aromatic heterocycles. The Labute approximate surface area is 160 Å². The van der Waals surface area contributed by atoms with Crippen LogP contribution in [0.25, 0.3) is 21.5 Å². The van der Waals surface area contributed by atoms with Crippen LogP contribution in [0.4, 0.5) is 11.6 Å². The van der Waals surface area contributed by atoms with Crippen molar-refractivity contribution in [1.82, 2.24) is 15.0 Å². The van der Waals surface area contributed by atoms with Crippen LogP contribution >= 0.6 is 11.3 Å². The number of Topliss-reactive ketones (excluding diaryl/α,β-unsaturated/α-hetero) is 1. The lowest BCUT2D eigenvalue weighted by atomic mass is 10.1. The first kappa shape index (κ1) is 19.0. The van der Waals surface area contributed by atoms with Crippen LogP contribution in [0.5, 0.6) is 5.75 Å². The molecule has 0 aliphatic carbocycles. The number of nitrogens with zero attached hydrogens (tertiary/aromatic N) is 3. The molecule has 3 rings (SSSR count). The minimum absolute atomic E-state index is 0.101. The molecule has 27 heavy (non-hydrogen) atoms. The molecule has 4 N–H and O–H groups in total. The highest BCUT2D eigenvalue weighted by Crippen LogP contribution is 2.39. The molecule has 8 nitrogen and oxygen atoms in total. The second-order valence-electron chi connectivity index (χ2n) is 6.76. The van der Waals surface area contributed by atoms with Crippen molar-refractivity contribution >= 4 is 39.0 Å². The van der Waals surface area contributed by atoms with Crippen molar-refractivity contribution in [3.05, 3.63) is 23.3 Å². The molecule has 0 radical (unpaired) electrons. The number of carbonyl (C=O) groups excluding carboxylic acids is 1. The topological polar surface area (TPSA) is 123 Å². The Morgan fingerprint density at radius 1 is 1.37 bits per heavy atom. The maximum Gasteiger partial charge on any atom is 0.225 e. The summed E-state index contributed by atoms with van der Waals surface area (Å²) in [5, 5.41) is 13.3. The number of nitrogens with two attached hydrogens (primary N) is 1. The number of fused-ring (bicyclic) bond motifs is 1. The van der Waals surface area contributed by atoms with Crippen molar-refractivity contribution in [2.45, 2.75) is 26.3 Å². The minimum Gasteiger partial charge on any atom is -0.495 e. The Balaban J connectivity index is 2.28. The molecule has 0 saturated carbocycles. The van der Waals surface area contributed by atoms with Crippen LogP contribution < -0.4 is 15.8 Å². The summed E-state index contributed by atoms with van der Waals surface area (Å²) in [5.41, 5.74) is 7.21. The largest absolute Gasteiger partial charge is 0.495 e. The lowest BCUT2D eigenvalue weighted by Crippen LogP contribution is -2.35. The van der Waals surface area contributed by atoms with Gasteiger partial charge in [0.25, 0.3) is 0 Å². The number of ether oxygens (including phenoxy) is 1. The summed E-state index contributed by atoms with van der Waals surface area (Å²) in [5.74, 6) is 0.774. The van der Waals surface area contributed by atoms with Gasteiger partial charge in [-0.3, -0.25) is 9.78 Å². The van der Waals surface area contributed by atoms with Gasteiger partial charge in [0, 0.05) is 18.7 Å². The normalized spacial score (nSPS) is 11.6. The van der Waals surface area contributed by atoms with E-state index in [0.717, 1.165) is 0 Å². The molecule has 0 fully saturated rings. The van der Waals surface area contributed by atoms with Crippen LogP contribution in [0.3, 0.4) is 0 Å². The summed E-state index contributed by atoms with van der Waals surface area (Å²) >= 11 is 1.22. The number of aliphatic hydroxyl groups is 1. The molecule has 0 amide bonds. The molecule has 0 spiro atoms. The number of methoxy groups -OCH3 is 1. The van der Waals surface area contributed by atoms with E-state index in [-0.39, 0.29) is 12.4 Å². The van der Waals surface area contributed by atoms with E-state index in [0.29, 0.717) is 43.7 Å². The first-order chi connectivity index (χ1) is 12.8. The van der Waals surface area contributed by atoms with Gasteiger partial charge in [-0.05, 0) is 19.9 Å². The summed E-state index contributed by atoms with van der Waals surface area (Å²) in [6.07, 6.45) is 3.24. The molecule has 0 unspecified atom stereocenters. The molecule has 0 saturated heterocycles. The predicted molar refractivity (Wildman–Crippen MR) is 106 cm³/mol. The van der Waals surface area contributed by atoms with Gasteiger partial charge in [-0.25, -0.2) is 9.97 Å². The van der Waals surface area contributed by atoms with Crippen molar-refractivity contribution in [2.75, 3.05) is 24.8 Å². The van der Waals surface area contributed by atoms with Gasteiger partial charge >= 0.3 is 0 Å². The highest BCUT2D eigenvalue weighted by Gasteiger charge is 2.23. The highest BCUT2D eigenvalue weighted by molar-refractivity contribution is 7.21. The molecular formula is C18H21N5O3S. The molecule has 3 aromatic rings. The average Bonchev–Trinajstić information content (AvgIpc) is 2.97. The van der Waals surface area contributed by atoms with Crippen molar-refractivity contribution in [1.29, 1.82) is 0 Å². The molecule has 0 bridgehead atoms. The molecule has 0 aliphatic rings. The van der Waals surface area contributed by atoms with Gasteiger partial charge in [-0.15, -0.1) is 11.3 Å². The minimum atomic E-state index is -0.621. The fourth-order valence-electron chi connectivity index (χ4n) is 2.55. The van der Waals surface area contributed by atoms with Gasteiger partial charge in [0.2, 0.25) is 5.95 Å². The number of carbonyl (C=O) groups is 1.